The van der Waals surface area contributed by atoms with Crippen molar-refractivity contribution < 1.29 is 14.3 Å². The number of hydrogen-bond acceptors (Lipinski definition) is 5. The fraction of sp³-hybridized carbons (Fsp3) is 0.450. The quantitative estimate of drug-likeness (QED) is 0.729. The topological polar surface area (TPSA) is 62.8 Å². The number of fused-ring (bicyclic) bond motifs is 1. The molecule has 0 saturated heterocycles. The van der Waals surface area contributed by atoms with Crippen molar-refractivity contribution in [1.29, 1.82) is 0 Å². The molecule has 3 rings (SSSR count). The minimum atomic E-state index is -0.137. The Morgan fingerprint density at radius 3 is 2.85 bits per heavy atom. The van der Waals surface area contributed by atoms with Gasteiger partial charge >= 0.3 is 6.03 Å². The van der Waals surface area contributed by atoms with Crippen LogP contribution >= 0.6 is 11.3 Å². The number of para-hydroxylation sites is 1. The van der Waals surface area contributed by atoms with E-state index >= 15 is 0 Å². The van der Waals surface area contributed by atoms with E-state index < -0.39 is 0 Å². The molecule has 0 saturated carbocycles. The Morgan fingerprint density at radius 2 is 2.11 bits per heavy atom. The molecule has 2 unspecified atom stereocenters. The Morgan fingerprint density at radius 1 is 1.26 bits per heavy atom. The molecule has 2 amide bonds. The van der Waals surface area contributed by atoms with Crippen molar-refractivity contribution in [2.24, 2.45) is 0 Å². The standard InChI is InChI=1S/C20H27N3O3S/c1-14(9-15-7-8-27-12-15)22-20(24)21-11-17(23(2)3)10-16-5-4-6-18-19(16)26-13-25-18/h4-8,12,14,17H,9-11,13H2,1-3H3,(H2,21,22,24). The molecule has 2 atom stereocenters. The first-order valence-corrected chi connectivity index (χ1v) is 10.1. The number of benzene rings is 1. The highest BCUT2D eigenvalue weighted by molar-refractivity contribution is 7.07. The van der Waals surface area contributed by atoms with E-state index in [1.54, 1.807) is 11.3 Å². The van der Waals surface area contributed by atoms with Gasteiger partial charge in [-0.2, -0.15) is 11.3 Å². The van der Waals surface area contributed by atoms with E-state index in [4.69, 9.17) is 9.47 Å². The summed E-state index contributed by atoms with van der Waals surface area (Å²) in [5, 5.41) is 10.2. The highest BCUT2D eigenvalue weighted by Crippen LogP contribution is 2.36. The van der Waals surface area contributed by atoms with Crippen molar-refractivity contribution in [3.8, 4) is 11.5 Å². The number of nitrogens with zero attached hydrogens (tertiary/aromatic N) is 1. The highest BCUT2D eigenvalue weighted by Gasteiger charge is 2.21. The molecule has 6 nitrogen and oxygen atoms in total. The van der Waals surface area contributed by atoms with E-state index in [0.717, 1.165) is 29.9 Å². The van der Waals surface area contributed by atoms with Crippen LogP contribution in [-0.4, -0.2) is 50.4 Å². The summed E-state index contributed by atoms with van der Waals surface area (Å²) in [5.74, 6) is 1.61. The van der Waals surface area contributed by atoms with Gasteiger partial charge in [0, 0.05) is 18.6 Å². The second kappa shape index (κ2) is 9.10. The molecule has 0 spiro atoms. The average molecular weight is 390 g/mol. The van der Waals surface area contributed by atoms with Crippen LogP contribution in [0.2, 0.25) is 0 Å². The van der Waals surface area contributed by atoms with Crippen LogP contribution < -0.4 is 20.1 Å². The second-order valence-electron chi connectivity index (χ2n) is 7.06. The van der Waals surface area contributed by atoms with Crippen LogP contribution in [0.15, 0.2) is 35.0 Å². The molecule has 1 aliphatic heterocycles. The van der Waals surface area contributed by atoms with Crippen molar-refractivity contribution in [2.75, 3.05) is 27.4 Å². The number of carbonyl (C=O) groups excluding carboxylic acids is 1. The summed E-state index contributed by atoms with van der Waals surface area (Å²) in [4.78, 5) is 14.4. The number of ether oxygens (including phenoxy) is 2. The van der Waals surface area contributed by atoms with Crippen LogP contribution in [0.25, 0.3) is 0 Å². The Kier molecular flexibility index (Phi) is 6.58. The zero-order valence-corrected chi connectivity index (χ0v) is 16.8. The van der Waals surface area contributed by atoms with Crippen molar-refractivity contribution in [1.82, 2.24) is 15.5 Å². The van der Waals surface area contributed by atoms with Crippen LogP contribution in [0.3, 0.4) is 0 Å². The summed E-state index contributed by atoms with van der Waals surface area (Å²) in [6.07, 6.45) is 1.60. The van der Waals surface area contributed by atoms with Crippen LogP contribution in [0.4, 0.5) is 4.79 Å². The number of nitrogens with one attached hydrogen (secondary N) is 2. The van der Waals surface area contributed by atoms with Gasteiger partial charge in [0.15, 0.2) is 11.5 Å². The maximum absolute atomic E-state index is 12.3. The largest absolute Gasteiger partial charge is 0.454 e. The summed E-state index contributed by atoms with van der Waals surface area (Å²) >= 11 is 1.67. The molecular formula is C20H27N3O3S. The second-order valence-corrected chi connectivity index (χ2v) is 7.84. The molecule has 1 aliphatic rings. The maximum Gasteiger partial charge on any atom is 0.315 e. The summed E-state index contributed by atoms with van der Waals surface area (Å²) in [7, 11) is 4.04. The lowest BCUT2D eigenvalue weighted by molar-refractivity contribution is 0.172. The van der Waals surface area contributed by atoms with Crippen molar-refractivity contribution in [3.63, 3.8) is 0 Å². The third kappa shape index (κ3) is 5.37. The highest BCUT2D eigenvalue weighted by atomic mass is 32.1. The van der Waals surface area contributed by atoms with E-state index in [0.29, 0.717) is 6.54 Å². The van der Waals surface area contributed by atoms with Gasteiger partial charge in [0.05, 0.1) is 0 Å². The van der Waals surface area contributed by atoms with E-state index in [1.807, 2.05) is 39.2 Å². The molecule has 27 heavy (non-hydrogen) atoms. The lowest BCUT2D eigenvalue weighted by Gasteiger charge is -2.25. The maximum atomic E-state index is 12.3. The Labute approximate surface area is 164 Å². The summed E-state index contributed by atoms with van der Waals surface area (Å²) < 4.78 is 11.1. The zero-order chi connectivity index (χ0) is 19.2. The van der Waals surface area contributed by atoms with Crippen molar-refractivity contribution in [2.45, 2.75) is 31.8 Å². The minimum absolute atomic E-state index is 0.0837. The zero-order valence-electron chi connectivity index (χ0n) is 16.0. The number of amides is 2. The van der Waals surface area contributed by atoms with E-state index in [-0.39, 0.29) is 24.9 Å². The third-order valence-corrected chi connectivity index (χ3v) is 5.39. The molecule has 2 aromatic rings. The molecule has 2 heterocycles. The summed E-state index contributed by atoms with van der Waals surface area (Å²) in [5.41, 5.74) is 2.34. The predicted octanol–water partition coefficient (Wildman–Crippen LogP) is 2.88. The molecule has 0 bridgehead atoms. The smallest absolute Gasteiger partial charge is 0.315 e. The number of urea groups is 1. The molecule has 0 aliphatic carbocycles. The van der Waals surface area contributed by atoms with Gasteiger partial charge in [-0.1, -0.05) is 12.1 Å². The van der Waals surface area contributed by atoms with Gasteiger partial charge in [0.1, 0.15) is 0 Å². The van der Waals surface area contributed by atoms with Crippen LogP contribution in [0.5, 0.6) is 11.5 Å². The van der Waals surface area contributed by atoms with Crippen LogP contribution in [0.1, 0.15) is 18.1 Å². The van der Waals surface area contributed by atoms with Gasteiger partial charge in [-0.25, -0.2) is 4.79 Å². The molecular weight excluding hydrogens is 362 g/mol. The Balaban J connectivity index is 1.51. The van der Waals surface area contributed by atoms with E-state index in [9.17, 15) is 4.79 Å². The van der Waals surface area contributed by atoms with Gasteiger partial charge in [0.2, 0.25) is 6.79 Å². The van der Waals surface area contributed by atoms with E-state index in [1.165, 1.54) is 5.56 Å². The molecule has 0 fully saturated rings. The summed E-state index contributed by atoms with van der Waals surface area (Å²) in [6, 6.07) is 8.13. The van der Waals surface area contributed by atoms with Gasteiger partial charge in [-0.05, 0) is 67.9 Å². The van der Waals surface area contributed by atoms with Gasteiger partial charge < -0.3 is 25.0 Å². The Bertz CT molecular complexity index is 749. The van der Waals surface area contributed by atoms with Crippen LogP contribution in [-0.2, 0) is 12.8 Å². The molecule has 0 radical (unpaired) electrons. The number of likely N-dealkylation sites (N-methyl/N-ethyl adjacent to an activating group) is 1. The first-order chi connectivity index (χ1) is 13.0. The minimum Gasteiger partial charge on any atom is -0.454 e. The average Bonchev–Trinajstić information content (AvgIpc) is 3.29. The molecule has 146 valence electrons. The fourth-order valence-corrected chi connectivity index (χ4v) is 3.82. The third-order valence-electron chi connectivity index (χ3n) is 4.66. The van der Waals surface area contributed by atoms with Gasteiger partial charge in [0.25, 0.3) is 0 Å². The van der Waals surface area contributed by atoms with Crippen molar-refractivity contribution >= 4 is 17.4 Å². The lowest BCUT2D eigenvalue weighted by atomic mass is 10.0. The lowest BCUT2D eigenvalue weighted by Crippen LogP contribution is -2.47. The first-order valence-electron chi connectivity index (χ1n) is 9.12. The van der Waals surface area contributed by atoms with E-state index in [2.05, 4.69) is 32.4 Å². The molecule has 2 N–H and O–H groups in total. The summed E-state index contributed by atoms with van der Waals surface area (Å²) in [6.45, 7) is 2.83. The first kappa shape index (κ1) is 19.5. The molecule has 1 aromatic carbocycles. The number of carbonyl (C=O) groups is 1. The molecule has 7 heteroatoms. The normalized spacial score (nSPS) is 14.8. The number of hydrogen-bond donors (Lipinski definition) is 2. The number of rotatable bonds is 8. The predicted molar refractivity (Wildman–Crippen MR) is 108 cm³/mol. The SMILES string of the molecule is CC(Cc1ccsc1)NC(=O)NCC(Cc1cccc2c1OCO2)N(C)C. The van der Waals surface area contributed by atoms with Crippen molar-refractivity contribution in [3.05, 3.63) is 46.2 Å². The van der Waals surface area contributed by atoms with Gasteiger partial charge in [-0.3, -0.25) is 0 Å². The molecule has 1 aromatic heterocycles. The Hall–Kier alpha value is -2.25. The van der Waals surface area contributed by atoms with Gasteiger partial charge in [-0.15, -0.1) is 0 Å². The van der Waals surface area contributed by atoms with Crippen LogP contribution in [0, 0.1) is 0 Å². The fourth-order valence-electron chi connectivity index (χ4n) is 3.14. The number of thiophene rings is 1. The monoisotopic (exact) mass is 389 g/mol.